The van der Waals surface area contributed by atoms with Gasteiger partial charge in [-0.2, -0.15) is 0 Å². The van der Waals surface area contributed by atoms with Crippen molar-refractivity contribution in [3.05, 3.63) is 81.5 Å². The van der Waals surface area contributed by atoms with Crippen molar-refractivity contribution >= 4 is 17.2 Å². The zero-order valence-corrected chi connectivity index (χ0v) is 12.4. The molecule has 0 heterocycles. The van der Waals surface area contributed by atoms with Crippen LogP contribution in [-0.2, 0) is 0 Å². The Morgan fingerprint density at radius 1 is 1.14 bits per heavy atom. The molecule has 0 saturated carbocycles. The molecule has 0 aliphatic carbocycles. The SMILES string of the molecule is Cc1ccc(C(=O)/C=C/Nc2cc([N+](=O)[O-])ccc2C)cc1. The fourth-order valence-corrected chi connectivity index (χ4v) is 1.90. The fraction of sp³-hybridized carbons (Fsp3) is 0.118. The van der Waals surface area contributed by atoms with E-state index in [1.807, 2.05) is 26.0 Å². The minimum absolute atomic E-state index is 0.00589. The molecule has 0 unspecified atom stereocenters. The monoisotopic (exact) mass is 296 g/mol. The number of carbonyl (C=O) groups is 1. The van der Waals surface area contributed by atoms with Crippen molar-refractivity contribution in [2.45, 2.75) is 13.8 Å². The molecule has 0 aliphatic heterocycles. The predicted molar refractivity (Wildman–Crippen MR) is 86.1 cm³/mol. The Bertz CT molecular complexity index is 734. The summed E-state index contributed by atoms with van der Waals surface area (Å²) in [5.74, 6) is -0.129. The van der Waals surface area contributed by atoms with Gasteiger partial charge in [-0.05, 0) is 19.4 Å². The van der Waals surface area contributed by atoms with Gasteiger partial charge in [-0.3, -0.25) is 14.9 Å². The van der Waals surface area contributed by atoms with Gasteiger partial charge >= 0.3 is 0 Å². The number of hydrogen-bond donors (Lipinski definition) is 1. The highest BCUT2D eigenvalue weighted by molar-refractivity contribution is 6.04. The number of allylic oxidation sites excluding steroid dienone is 1. The van der Waals surface area contributed by atoms with Crippen LogP contribution in [-0.4, -0.2) is 10.7 Å². The third-order valence-electron chi connectivity index (χ3n) is 3.24. The van der Waals surface area contributed by atoms with Crippen molar-refractivity contribution in [1.82, 2.24) is 0 Å². The van der Waals surface area contributed by atoms with Crippen LogP contribution in [0.2, 0.25) is 0 Å². The lowest BCUT2D eigenvalue weighted by Gasteiger charge is -2.05. The van der Waals surface area contributed by atoms with Gasteiger partial charge in [-0.1, -0.05) is 35.9 Å². The maximum atomic E-state index is 12.0. The molecule has 0 amide bonds. The fourth-order valence-electron chi connectivity index (χ4n) is 1.90. The lowest BCUT2D eigenvalue weighted by molar-refractivity contribution is -0.384. The summed E-state index contributed by atoms with van der Waals surface area (Å²) in [6.07, 6.45) is 2.90. The molecule has 5 nitrogen and oxygen atoms in total. The first kappa shape index (κ1) is 15.4. The Morgan fingerprint density at radius 2 is 1.82 bits per heavy atom. The smallest absolute Gasteiger partial charge is 0.271 e. The average Bonchev–Trinajstić information content (AvgIpc) is 2.49. The number of nitrogens with zero attached hydrogens (tertiary/aromatic N) is 1. The highest BCUT2D eigenvalue weighted by atomic mass is 16.6. The number of anilines is 1. The van der Waals surface area contributed by atoms with Gasteiger partial charge in [0.25, 0.3) is 5.69 Å². The molecule has 0 bridgehead atoms. The molecule has 0 atom stereocenters. The summed E-state index contributed by atoms with van der Waals surface area (Å²) in [5.41, 5.74) is 3.15. The predicted octanol–water partition coefficient (Wildman–Crippen LogP) is 4.02. The van der Waals surface area contributed by atoms with Crippen molar-refractivity contribution in [1.29, 1.82) is 0 Å². The topological polar surface area (TPSA) is 72.2 Å². The van der Waals surface area contributed by atoms with Crippen LogP contribution in [0.15, 0.2) is 54.7 Å². The summed E-state index contributed by atoms with van der Waals surface area (Å²) in [6.45, 7) is 3.79. The van der Waals surface area contributed by atoms with Crippen molar-refractivity contribution in [3.63, 3.8) is 0 Å². The van der Waals surface area contributed by atoms with Crippen molar-refractivity contribution in [2.75, 3.05) is 5.32 Å². The van der Waals surface area contributed by atoms with Crippen LogP contribution in [0.25, 0.3) is 0 Å². The van der Waals surface area contributed by atoms with Crippen LogP contribution in [0, 0.1) is 24.0 Å². The van der Waals surface area contributed by atoms with E-state index in [1.165, 1.54) is 24.4 Å². The number of carbonyl (C=O) groups excluding carboxylic acids is 1. The largest absolute Gasteiger partial charge is 0.361 e. The Morgan fingerprint density at radius 3 is 2.45 bits per heavy atom. The van der Waals surface area contributed by atoms with Crippen LogP contribution in [0.5, 0.6) is 0 Å². The maximum Gasteiger partial charge on any atom is 0.271 e. The summed E-state index contributed by atoms with van der Waals surface area (Å²) in [7, 11) is 0. The van der Waals surface area contributed by atoms with E-state index >= 15 is 0 Å². The first-order valence-electron chi connectivity index (χ1n) is 6.76. The minimum atomic E-state index is -0.453. The molecule has 2 aromatic carbocycles. The first-order chi connectivity index (χ1) is 10.5. The molecule has 5 heteroatoms. The lowest BCUT2D eigenvalue weighted by atomic mass is 10.1. The molecule has 2 aromatic rings. The molecule has 2 rings (SSSR count). The summed E-state index contributed by atoms with van der Waals surface area (Å²) in [6, 6.07) is 11.8. The van der Waals surface area contributed by atoms with Crippen molar-refractivity contribution < 1.29 is 9.72 Å². The molecule has 112 valence electrons. The molecular weight excluding hydrogens is 280 g/mol. The Kier molecular flexibility index (Phi) is 4.68. The standard InChI is InChI=1S/C17H16N2O3/c1-12-3-6-14(7-4-12)17(20)9-10-18-16-11-15(19(21)22)8-5-13(16)2/h3-11,18H,1-2H3/b10-9+. The van der Waals surface area contributed by atoms with E-state index in [4.69, 9.17) is 0 Å². The number of hydrogen-bond acceptors (Lipinski definition) is 4. The Labute approximate surface area is 128 Å². The van der Waals surface area contributed by atoms with Gasteiger partial charge in [-0.25, -0.2) is 0 Å². The van der Waals surface area contributed by atoms with E-state index < -0.39 is 4.92 Å². The number of non-ortho nitro benzene ring substituents is 1. The normalized spacial score (nSPS) is 10.6. The van der Waals surface area contributed by atoms with Gasteiger partial charge in [-0.15, -0.1) is 0 Å². The van der Waals surface area contributed by atoms with Crippen LogP contribution < -0.4 is 5.32 Å². The molecule has 0 spiro atoms. The number of nitrogens with one attached hydrogen (secondary N) is 1. The van der Waals surface area contributed by atoms with Crippen LogP contribution >= 0.6 is 0 Å². The van der Waals surface area contributed by atoms with Crippen molar-refractivity contribution in [2.24, 2.45) is 0 Å². The van der Waals surface area contributed by atoms with E-state index in [1.54, 1.807) is 18.2 Å². The number of nitro groups is 1. The van der Waals surface area contributed by atoms with Crippen LogP contribution in [0.4, 0.5) is 11.4 Å². The van der Waals surface area contributed by atoms with Gasteiger partial charge in [0.2, 0.25) is 0 Å². The molecule has 0 saturated heterocycles. The van der Waals surface area contributed by atoms with E-state index in [-0.39, 0.29) is 11.5 Å². The maximum absolute atomic E-state index is 12.0. The van der Waals surface area contributed by atoms with Gasteiger partial charge in [0.1, 0.15) is 0 Å². The molecule has 22 heavy (non-hydrogen) atoms. The molecule has 0 fully saturated rings. The van der Waals surface area contributed by atoms with E-state index in [2.05, 4.69) is 5.32 Å². The third-order valence-corrected chi connectivity index (χ3v) is 3.24. The summed E-state index contributed by atoms with van der Waals surface area (Å²) in [4.78, 5) is 22.3. The molecular formula is C17H16N2O3. The van der Waals surface area contributed by atoms with Crippen LogP contribution in [0.3, 0.4) is 0 Å². The van der Waals surface area contributed by atoms with E-state index in [9.17, 15) is 14.9 Å². The number of ketones is 1. The van der Waals surface area contributed by atoms with Gasteiger partial charge in [0.05, 0.1) is 4.92 Å². The Balaban J connectivity index is 2.09. The molecule has 0 aromatic heterocycles. The summed E-state index contributed by atoms with van der Waals surface area (Å²) >= 11 is 0. The van der Waals surface area contributed by atoms with E-state index in [0.717, 1.165) is 11.1 Å². The summed E-state index contributed by atoms with van der Waals surface area (Å²) < 4.78 is 0. The van der Waals surface area contributed by atoms with Gasteiger partial charge in [0.15, 0.2) is 5.78 Å². The second-order valence-electron chi connectivity index (χ2n) is 4.96. The second kappa shape index (κ2) is 6.67. The zero-order chi connectivity index (χ0) is 16.1. The number of benzene rings is 2. The first-order valence-corrected chi connectivity index (χ1v) is 6.76. The third kappa shape index (κ3) is 3.79. The molecule has 1 N–H and O–H groups in total. The minimum Gasteiger partial charge on any atom is -0.361 e. The van der Waals surface area contributed by atoms with Crippen molar-refractivity contribution in [3.8, 4) is 0 Å². The highest BCUT2D eigenvalue weighted by Gasteiger charge is 2.07. The average molecular weight is 296 g/mol. The second-order valence-corrected chi connectivity index (χ2v) is 4.96. The highest BCUT2D eigenvalue weighted by Crippen LogP contribution is 2.21. The zero-order valence-electron chi connectivity index (χ0n) is 12.4. The van der Waals surface area contributed by atoms with Crippen LogP contribution in [0.1, 0.15) is 21.5 Å². The quantitative estimate of drug-likeness (QED) is 0.391. The Hall–Kier alpha value is -2.95. The number of rotatable bonds is 5. The molecule has 0 radical (unpaired) electrons. The van der Waals surface area contributed by atoms with Gasteiger partial charge in [0, 0.05) is 35.7 Å². The number of nitro benzene ring substituents is 1. The van der Waals surface area contributed by atoms with E-state index in [0.29, 0.717) is 11.3 Å². The van der Waals surface area contributed by atoms with Gasteiger partial charge < -0.3 is 5.32 Å². The molecule has 0 aliphatic rings. The summed E-state index contributed by atoms with van der Waals surface area (Å²) in [5, 5.41) is 13.7. The number of aryl methyl sites for hydroxylation is 2. The lowest BCUT2D eigenvalue weighted by Crippen LogP contribution is -1.98.